The standard InChI is InChI=1S/C20H15F2N3OS/c1-13-18(12-26)24-20(27-13)25(16-8-6-14(10-23)7-9-16)11-15-4-2-3-5-17(15)19(21)22/h2-9,12,19H,11H2,1H3. The molecule has 4 nitrogen and oxygen atoms in total. The van der Waals surface area contributed by atoms with Gasteiger partial charge in [-0.25, -0.2) is 13.8 Å². The normalized spacial score (nSPS) is 10.6. The predicted octanol–water partition coefficient (Wildman–Crippen LogP) is 5.41. The van der Waals surface area contributed by atoms with Crippen molar-refractivity contribution in [3.63, 3.8) is 0 Å². The van der Waals surface area contributed by atoms with Crippen molar-refractivity contribution in [1.29, 1.82) is 5.26 Å². The van der Waals surface area contributed by atoms with E-state index in [-0.39, 0.29) is 12.1 Å². The van der Waals surface area contributed by atoms with Crippen molar-refractivity contribution in [3.05, 3.63) is 75.8 Å². The van der Waals surface area contributed by atoms with Gasteiger partial charge in [-0.15, -0.1) is 11.3 Å². The van der Waals surface area contributed by atoms with Crippen LogP contribution in [-0.2, 0) is 6.54 Å². The molecule has 0 aliphatic rings. The van der Waals surface area contributed by atoms with Crippen LogP contribution in [0.15, 0.2) is 48.5 Å². The molecule has 7 heteroatoms. The van der Waals surface area contributed by atoms with E-state index in [0.29, 0.717) is 33.9 Å². The van der Waals surface area contributed by atoms with Crippen molar-refractivity contribution >= 4 is 28.4 Å². The summed E-state index contributed by atoms with van der Waals surface area (Å²) >= 11 is 1.32. The molecule has 0 aliphatic carbocycles. The predicted molar refractivity (Wildman–Crippen MR) is 101 cm³/mol. The smallest absolute Gasteiger partial charge is 0.264 e. The third-order valence-electron chi connectivity index (χ3n) is 4.09. The quantitative estimate of drug-likeness (QED) is 0.534. The summed E-state index contributed by atoms with van der Waals surface area (Å²) in [5, 5.41) is 9.52. The first-order chi connectivity index (χ1) is 13.0. The lowest BCUT2D eigenvalue weighted by Crippen LogP contribution is -2.17. The third-order valence-corrected chi connectivity index (χ3v) is 5.10. The van der Waals surface area contributed by atoms with Gasteiger partial charge >= 0.3 is 0 Å². The second kappa shape index (κ2) is 8.06. The highest BCUT2D eigenvalue weighted by Crippen LogP contribution is 2.34. The Labute approximate surface area is 159 Å². The highest BCUT2D eigenvalue weighted by Gasteiger charge is 2.20. The third kappa shape index (κ3) is 4.01. The lowest BCUT2D eigenvalue weighted by Gasteiger charge is -2.23. The molecule has 27 heavy (non-hydrogen) atoms. The summed E-state index contributed by atoms with van der Waals surface area (Å²) in [5.41, 5.74) is 1.95. The Kier molecular flexibility index (Phi) is 5.57. The average Bonchev–Trinajstić information content (AvgIpc) is 3.07. The molecule has 0 bridgehead atoms. The first kappa shape index (κ1) is 18.7. The lowest BCUT2D eigenvalue weighted by atomic mass is 10.1. The molecule has 0 fully saturated rings. The van der Waals surface area contributed by atoms with Crippen molar-refractivity contribution in [3.8, 4) is 6.07 Å². The number of halogens is 2. The van der Waals surface area contributed by atoms with E-state index in [1.165, 1.54) is 17.4 Å². The van der Waals surface area contributed by atoms with Crippen LogP contribution in [0.2, 0.25) is 0 Å². The number of aryl methyl sites for hydroxylation is 1. The molecule has 3 rings (SSSR count). The van der Waals surface area contributed by atoms with Gasteiger partial charge in [-0.3, -0.25) is 4.79 Å². The number of benzene rings is 2. The Morgan fingerprint density at radius 1 is 1.22 bits per heavy atom. The molecule has 2 aromatic carbocycles. The van der Waals surface area contributed by atoms with E-state index >= 15 is 0 Å². The first-order valence-electron chi connectivity index (χ1n) is 8.09. The van der Waals surface area contributed by atoms with E-state index in [2.05, 4.69) is 11.1 Å². The van der Waals surface area contributed by atoms with Crippen LogP contribution in [0.5, 0.6) is 0 Å². The van der Waals surface area contributed by atoms with E-state index in [4.69, 9.17) is 5.26 Å². The largest absolute Gasteiger partial charge is 0.313 e. The summed E-state index contributed by atoms with van der Waals surface area (Å²) in [6, 6.07) is 15.2. The van der Waals surface area contributed by atoms with Crippen molar-refractivity contribution in [2.24, 2.45) is 0 Å². The van der Waals surface area contributed by atoms with Gasteiger partial charge in [-0.05, 0) is 36.8 Å². The molecule has 0 saturated heterocycles. The van der Waals surface area contributed by atoms with Crippen molar-refractivity contribution in [1.82, 2.24) is 4.98 Å². The molecule has 0 amide bonds. The van der Waals surface area contributed by atoms with Crippen molar-refractivity contribution in [2.75, 3.05) is 4.90 Å². The van der Waals surface area contributed by atoms with Crippen LogP contribution < -0.4 is 4.90 Å². The number of carbonyl (C=O) groups is 1. The van der Waals surface area contributed by atoms with Crippen LogP contribution in [0.3, 0.4) is 0 Å². The maximum atomic E-state index is 13.4. The van der Waals surface area contributed by atoms with Gasteiger partial charge in [-0.2, -0.15) is 5.26 Å². The van der Waals surface area contributed by atoms with Crippen LogP contribution in [0.1, 0.15) is 38.5 Å². The molecule has 0 aliphatic heterocycles. The molecule has 1 aromatic heterocycles. The number of alkyl halides is 2. The summed E-state index contributed by atoms with van der Waals surface area (Å²) in [4.78, 5) is 18.0. The van der Waals surface area contributed by atoms with E-state index < -0.39 is 6.43 Å². The molecule has 0 radical (unpaired) electrons. The zero-order valence-corrected chi connectivity index (χ0v) is 15.2. The molecule has 0 atom stereocenters. The van der Waals surface area contributed by atoms with Crippen LogP contribution in [0.25, 0.3) is 0 Å². The maximum Gasteiger partial charge on any atom is 0.264 e. The average molecular weight is 383 g/mol. The minimum absolute atomic E-state index is 0.0416. The topological polar surface area (TPSA) is 57.0 Å². The summed E-state index contributed by atoms with van der Waals surface area (Å²) in [7, 11) is 0. The number of nitriles is 1. The van der Waals surface area contributed by atoms with Gasteiger partial charge in [0.05, 0.1) is 18.2 Å². The SMILES string of the molecule is Cc1sc(N(Cc2ccccc2C(F)F)c2ccc(C#N)cc2)nc1C=O. The Balaban J connectivity index is 2.07. The first-order valence-corrected chi connectivity index (χ1v) is 8.91. The molecule has 3 aromatic rings. The molecule has 0 spiro atoms. The number of rotatable bonds is 6. The second-order valence-electron chi connectivity index (χ2n) is 5.80. The summed E-state index contributed by atoms with van der Waals surface area (Å²) in [6.45, 7) is 1.95. The molecular formula is C20H15F2N3OS. The number of nitrogens with zero attached hydrogens (tertiary/aromatic N) is 3. The summed E-state index contributed by atoms with van der Waals surface area (Å²) in [6.07, 6.45) is -1.91. The van der Waals surface area contributed by atoms with Crippen LogP contribution >= 0.6 is 11.3 Å². The maximum absolute atomic E-state index is 13.4. The number of hydrogen-bond acceptors (Lipinski definition) is 5. The van der Waals surface area contributed by atoms with Crippen molar-refractivity contribution in [2.45, 2.75) is 19.9 Å². The van der Waals surface area contributed by atoms with Crippen LogP contribution in [-0.4, -0.2) is 11.3 Å². The van der Waals surface area contributed by atoms with Crippen molar-refractivity contribution < 1.29 is 13.6 Å². The van der Waals surface area contributed by atoms with E-state index in [0.717, 1.165) is 4.88 Å². The van der Waals surface area contributed by atoms with E-state index in [9.17, 15) is 13.6 Å². The highest BCUT2D eigenvalue weighted by molar-refractivity contribution is 7.15. The molecule has 0 unspecified atom stereocenters. The van der Waals surface area contributed by atoms with Gasteiger partial charge in [0.1, 0.15) is 5.69 Å². The van der Waals surface area contributed by atoms with Gasteiger partial charge in [-0.1, -0.05) is 24.3 Å². The Bertz CT molecular complexity index is 993. The van der Waals surface area contributed by atoms with Gasteiger partial charge in [0.25, 0.3) is 6.43 Å². The van der Waals surface area contributed by atoms with Gasteiger partial charge < -0.3 is 4.90 Å². The van der Waals surface area contributed by atoms with E-state index in [1.807, 2.05) is 0 Å². The van der Waals surface area contributed by atoms with Crippen LogP contribution in [0.4, 0.5) is 19.6 Å². The minimum atomic E-state index is -2.59. The Morgan fingerprint density at radius 3 is 2.52 bits per heavy atom. The fourth-order valence-electron chi connectivity index (χ4n) is 2.67. The molecule has 0 N–H and O–H groups in total. The Morgan fingerprint density at radius 2 is 1.93 bits per heavy atom. The summed E-state index contributed by atoms with van der Waals surface area (Å²) < 4.78 is 26.8. The zero-order valence-electron chi connectivity index (χ0n) is 14.4. The van der Waals surface area contributed by atoms with Gasteiger partial charge in [0.15, 0.2) is 11.4 Å². The minimum Gasteiger partial charge on any atom is -0.313 e. The highest BCUT2D eigenvalue weighted by atomic mass is 32.1. The van der Waals surface area contributed by atoms with Gasteiger partial charge in [0.2, 0.25) is 0 Å². The van der Waals surface area contributed by atoms with Crippen LogP contribution in [0, 0.1) is 18.3 Å². The second-order valence-corrected chi connectivity index (χ2v) is 6.98. The van der Waals surface area contributed by atoms with E-state index in [1.54, 1.807) is 54.3 Å². The number of hydrogen-bond donors (Lipinski definition) is 0. The summed E-state index contributed by atoms with van der Waals surface area (Å²) in [5.74, 6) is 0. The molecule has 136 valence electrons. The fourth-order valence-corrected chi connectivity index (χ4v) is 3.56. The number of thiazole rings is 1. The zero-order chi connectivity index (χ0) is 19.4. The fraction of sp³-hybridized carbons (Fsp3) is 0.150. The monoisotopic (exact) mass is 383 g/mol. The number of carbonyl (C=O) groups excluding carboxylic acids is 1. The number of aromatic nitrogens is 1. The molecule has 1 heterocycles. The molecular weight excluding hydrogens is 368 g/mol. The Hall–Kier alpha value is -3.11. The number of anilines is 2. The number of aldehydes is 1. The lowest BCUT2D eigenvalue weighted by molar-refractivity contribution is 0.111. The van der Waals surface area contributed by atoms with Gasteiger partial charge in [0, 0.05) is 16.1 Å². The molecule has 0 saturated carbocycles.